The Morgan fingerprint density at radius 3 is 2.40 bits per heavy atom. The summed E-state index contributed by atoms with van der Waals surface area (Å²) in [6.45, 7) is 2.58. The predicted octanol–water partition coefficient (Wildman–Crippen LogP) is 4.34. The van der Waals surface area contributed by atoms with Crippen LogP contribution in [-0.4, -0.2) is 6.54 Å². The summed E-state index contributed by atoms with van der Waals surface area (Å²) in [6.07, 6.45) is 0. The van der Waals surface area contributed by atoms with Crippen LogP contribution in [0.2, 0.25) is 10.0 Å². The quantitative estimate of drug-likeness (QED) is 0.862. The van der Waals surface area contributed by atoms with E-state index in [1.807, 2.05) is 30.3 Å². The predicted molar refractivity (Wildman–Crippen MR) is 86.3 cm³/mol. The Hall–Kier alpha value is -1.06. The van der Waals surface area contributed by atoms with Gasteiger partial charge in [-0.3, -0.25) is 0 Å². The number of nitrogens with two attached hydrogens (primary N) is 1. The maximum Gasteiger partial charge on any atom is 0.0469 e. The van der Waals surface area contributed by atoms with Crippen LogP contribution in [0.25, 0.3) is 0 Å². The van der Waals surface area contributed by atoms with E-state index in [0.29, 0.717) is 16.6 Å². The van der Waals surface area contributed by atoms with Gasteiger partial charge in [0.25, 0.3) is 0 Å². The number of benzene rings is 2. The summed E-state index contributed by atoms with van der Waals surface area (Å²) in [5.74, 6) is 0. The van der Waals surface area contributed by atoms with E-state index in [4.69, 9.17) is 28.9 Å². The SMILES string of the molecule is CC(NC(CN)c1ccc(Cl)cc1Cl)c1ccccc1. The molecule has 2 nitrogen and oxygen atoms in total. The van der Waals surface area contributed by atoms with Crippen molar-refractivity contribution in [3.8, 4) is 0 Å². The van der Waals surface area contributed by atoms with Crippen molar-refractivity contribution in [2.45, 2.75) is 19.0 Å². The maximum absolute atomic E-state index is 6.25. The Kier molecular flexibility index (Phi) is 5.44. The van der Waals surface area contributed by atoms with Crippen molar-refractivity contribution in [3.63, 3.8) is 0 Å². The molecule has 0 saturated heterocycles. The summed E-state index contributed by atoms with van der Waals surface area (Å²) >= 11 is 12.2. The molecule has 2 aromatic carbocycles. The van der Waals surface area contributed by atoms with E-state index in [9.17, 15) is 0 Å². The first-order valence-corrected chi connectivity index (χ1v) is 7.33. The van der Waals surface area contributed by atoms with E-state index in [1.54, 1.807) is 6.07 Å². The van der Waals surface area contributed by atoms with E-state index in [2.05, 4.69) is 24.4 Å². The van der Waals surface area contributed by atoms with Gasteiger partial charge in [0.1, 0.15) is 0 Å². The van der Waals surface area contributed by atoms with Crippen LogP contribution in [-0.2, 0) is 0 Å². The van der Waals surface area contributed by atoms with E-state index >= 15 is 0 Å². The molecule has 0 aliphatic heterocycles. The molecule has 3 N–H and O–H groups in total. The van der Waals surface area contributed by atoms with Crippen LogP contribution in [0.5, 0.6) is 0 Å². The molecule has 20 heavy (non-hydrogen) atoms. The molecule has 106 valence electrons. The zero-order valence-corrected chi connectivity index (χ0v) is 12.8. The maximum atomic E-state index is 6.25. The van der Waals surface area contributed by atoms with Crippen molar-refractivity contribution in [1.82, 2.24) is 5.32 Å². The Morgan fingerprint density at radius 2 is 1.80 bits per heavy atom. The minimum atomic E-state index is -0.00465. The first kappa shape index (κ1) is 15.3. The lowest BCUT2D eigenvalue weighted by Crippen LogP contribution is -2.30. The number of hydrogen-bond acceptors (Lipinski definition) is 2. The third kappa shape index (κ3) is 3.74. The summed E-state index contributed by atoms with van der Waals surface area (Å²) in [5.41, 5.74) is 8.08. The zero-order chi connectivity index (χ0) is 14.5. The molecule has 2 unspecified atom stereocenters. The molecule has 0 spiro atoms. The van der Waals surface area contributed by atoms with Crippen LogP contribution in [0, 0.1) is 0 Å². The summed E-state index contributed by atoms with van der Waals surface area (Å²) < 4.78 is 0. The van der Waals surface area contributed by atoms with Crippen molar-refractivity contribution < 1.29 is 0 Å². The Bertz CT molecular complexity index is 558. The molecule has 0 amide bonds. The second kappa shape index (κ2) is 7.09. The highest BCUT2D eigenvalue weighted by Crippen LogP contribution is 2.27. The fraction of sp³-hybridized carbons (Fsp3) is 0.250. The van der Waals surface area contributed by atoms with E-state index in [-0.39, 0.29) is 12.1 Å². The molecule has 0 aliphatic rings. The minimum absolute atomic E-state index is 0.00465. The van der Waals surface area contributed by atoms with Crippen molar-refractivity contribution in [2.75, 3.05) is 6.54 Å². The van der Waals surface area contributed by atoms with Gasteiger partial charge in [0.15, 0.2) is 0 Å². The van der Waals surface area contributed by atoms with Crippen molar-refractivity contribution >= 4 is 23.2 Å². The van der Waals surface area contributed by atoms with Crippen LogP contribution in [0.1, 0.15) is 30.1 Å². The molecule has 4 heteroatoms. The topological polar surface area (TPSA) is 38.0 Å². The molecule has 0 aromatic heterocycles. The Balaban J connectivity index is 2.17. The van der Waals surface area contributed by atoms with E-state index < -0.39 is 0 Å². The highest BCUT2D eigenvalue weighted by molar-refractivity contribution is 6.35. The first-order valence-electron chi connectivity index (χ1n) is 6.58. The molecule has 0 radical (unpaired) electrons. The second-order valence-electron chi connectivity index (χ2n) is 4.75. The minimum Gasteiger partial charge on any atom is -0.329 e. The normalized spacial score (nSPS) is 14.0. The van der Waals surface area contributed by atoms with Gasteiger partial charge in [-0.25, -0.2) is 0 Å². The molecule has 0 bridgehead atoms. The third-order valence-electron chi connectivity index (χ3n) is 3.32. The van der Waals surface area contributed by atoms with Gasteiger partial charge < -0.3 is 11.1 Å². The number of rotatable bonds is 5. The number of hydrogen-bond donors (Lipinski definition) is 2. The monoisotopic (exact) mass is 308 g/mol. The Labute approximate surface area is 129 Å². The summed E-state index contributed by atoms with van der Waals surface area (Å²) in [7, 11) is 0. The third-order valence-corrected chi connectivity index (χ3v) is 3.89. The number of halogens is 2. The van der Waals surface area contributed by atoms with Gasteiger partial charge in [0.05, 0.1) is 0 Å². The molecular weight excluding hydrogens is 291 g/mol. The van der Waals surface area contributed by atoms with Crippen molar-refractivity contribution in [2.24, 2.45) is 5.73 Å². The Morgan fingerprint density at radius 1 is 1.10 bits per heavy atom. The molecule has 2 atom stereocenters. The molecule has 2 aromatic rings. The largest absolute Gasteiger partial charge is 0.329 e. The van der Waals surface area contributed by atoms with E-state index in [1.165, 1.54) is 5.56 Å². The summed E-state index contributed by atoms with van der Waals surface area (Å²) in [5, 5.41) is 4.78. The fourth-order valence-electron chi connectivity index (χ4n) is 2.21. The van der Waals surface area contributed by atoms with Crippen LogP contribution in [0.4, 0.5) is 0 Å². The molecule has 0 heterocycles. The van der Waals surface area contributed by atoms with Gasteiger partial charge >= 0.3 is 0 Å². The van der Waals surface area contributed by atoms with Crippen LogP contribution in [0.15, 0.2) is 48.5 Å². The fourth-order valence-corrected chi connectivity index (χ4v) is 2.75. The van der Waals surface area contributed by atoms with Crippen LogP contribution in [0.3, 0.4) is 0 Å². The lowest BCUT2D eigenvalue weighted by atomic mass is 10.0. The smallest absolute Gasteiger partial charge is 0.0469 e. The van der Waals surface area contributed by atoms with Gasteiger partial charge in [0.2, 0.25) is 0 Å². The first-order chi connectivity index (χ1) is 9.61. The highest BCUT2D eigenvalue weighted by atomic mass is 35.5. The van der Waals surface area contributed by atoms with Crippen molar-refractivity contribution in [3.05, 3.63) is 69.7 Å². The highest BCUT2D eigenvalue weighted by Gasteiger charge is 2.16. The average Bonchev–Trinajstić information content (AvgIpc) is 2.46. The molecule has 0 saturated carbocycles. The van der Waals surface area contributed by atoms with Gasteiger partial charge in [0, 0.05) is 28.7 Å². The lowest BCUT2D eigenvalue weighted by Gasteiger charge is -2.23. The van der Waals surface area contributed by atoms with Gasteiger partial charge in [-0.15, -0.1) is 0 Å². The van der Waals surface area contributed by atoms with Gasteiger partial charge in [-0.1, -0.05) is 59.6 Å². The lowest BCUT2D eigenvalue weighted by molar-refractivity contribution is 0.473. The molecule has 0 aliphatic carbocycles. The molecule has 2 rings (SSSR count). The summed E-state index contributed by atoms with van der Waals surface area (Å²) in [6, 6.07) is 15.9. The van der Waals surface area contributed by atoms with Gasteiger partial charge in [-0.05, 0) is 30.2 Å². The van der Waals surface area contributed by atoms with E-state index in [0.717, 1.165) is 5.56 Å². The second-order valence-corrected chi connectivity index (χ2v) is 5.60. The standard InChI is InChI=1S/C16H18Cl2N2/c1-11(12-5-3-2-4-6-12)20-16(10-19)14-8-7-13(17)9-15(14)18/h2-9,11,16,20H,10,19H2,1H3. The zero-order valence-electron chi connectivity index (χ0n) is 11.3. The molecule has 0 fully saturated rings. The van der Waals surface area contributed by atoms with Gasteiger partial charge in [-0.2, -0.15) is 0 Å². The molecular formula is C16H18Cl2N2. The van der Waals surface area contributed by atoms with Crippen LogP contribution >= 0.6 is 23.2 Å². The average molecular weight is 309 g/mol. The summed E-state index contributed by atoms with van der Waals surface area (Å²) in [4.78, 5) is 0. The number of nitrogens with one attached hydrogen (secondary N) is 1. The van der Waals surface area contributed by atoms with Crippen molar-refractivity contribution in [1.29, 1.82) is 0 Å². The van der Waals surface area contributed by atoms with Crippen LogP contribution < -0.4 is 11.1 Å².